The lowest BCUT2D eigenvalue weighted by Crippen LogP contribution is -2.38. The van der Waals surface area contributed by atoms with Gasteiger partial charge in [-0.1, -0.05) is 24.3 Å². The zero-order valence-electron chi connectivity index (χ0n) is 11.3. The van der Waals surface area contributed by atoms with E-state index < -0.39 is 0 Å². The predicted octanol–water partition coefficient (Wildman–Crippen LogP) is 1.80. The number of aliphatic hydroxyl groups is 1. The maximum Gasteiger partial charge on any atom is 0.210 e. The number of rotatable bonds is 2. The van der Waals surface area contributed by atoms with E-state index in [1.165, 1.54) is 0 Å². The summed E-state index contributed by atoms with van der Waals surface area (Å²) in [6.45, 7) is 1.17. The summed E-state index contributed by atoms with van der Waals surface area (Å²) in [5, 5.41) is 9.55. The van der Waals surface area contributed by atoms with Crippen molar-refractivity contribution in [2.75, 3.05) is 19.7 Å². The molecule has 1 N–H and O–H groups in total. The van der Waals surface area contributed by atoms with Crippen LogP contribution in [0.15, 0.2) is 35.5 Å². The number of hydrogen-bond donors (Lipinski definition) is 1. The molecule has 0 aromatic heterocycles. The Kier molecular flexibility index (Phi) is 3.40. The molecule has 1 saturated heterocycles. The van der Waals surface area contributed by atoms with Gasteiger partial charge in [-0.15, -0.1) is 0 Å². The van der Waals surface area contributed by atoms with Gasteiger partial charge in [-0.25, -0.2) is 0 Å². The van der Waals surface area contributed by atoms with Crippen LogP contribution in [-0.2, 0) is 0 Å². The van der Waals surface area contributed by atoms with Crippen LogP contribution in [0.4, 0.5) is 0 Å². The molecule has 0 saturated carbocycles. The molecule has 1 aliphatic heterocycles. The molecular weight excluding hydrogens is 254 g/mol. The largest absolute Gasteiger partial charge is 0.391 e. The average Bonchev–Trinajstić information content (AvgIpc) is 2.51. The molecule has 1 fully saturated rings. The van der Waals surface area contributed by atoms with Crippen molar-refractivity contribution in [1.29, 1.82) is 0 Å². The molecule has 3 rings (SSSR count). The molecule has 0 bridgehead atoms. The van der Waals surface area contributed by atoms with Crippen molar-refractivity contribution in [2.45, 2.75) is 19.3 Å². The predicted molar refractivity (Wildman–Crippen MR) is 74.6 cm³/mol. The van der Waals surface area contributed by atoms with E-state index in [9.17, 15) is 14.7 Å². The van der Waals surface area contributed by atoms with Crippen LogP contribution in [0.2, 0.25) is 0 Å². The number of allylic oxidation sites excluding steroid dienone is 1. The van der Waals surface area contributed by atoms with Crippen LogP contribution in [0, 0.1) is 0 Å². The topological polar surface area (TPSA) is 57.6 Å². The number of piperidine rings is 1. The standard InChI is InChI=1S/C16H17NO3/c18-10-13-14(17-8-4-1-5-9-17)16(20)12-7-3-2-6-11(12)15(13)19/h2-3,6-7,18H,1,4-5,8-10H2. The number of aliphatic hydroxyl groups excluding tert-OH is 1. The molecule has 0 spiro atoms. The molecular formula is C16H17NO3. The highest BCUT2D eigenvalue weighted by molar-refractivity contribution is 6.26. The van der Waals surface area contributed by atoms with Crippen molar-refractivity contribution in [2.24, 2.45) is 0 Å². The zero-order chi connectivity index (χ0) is 14.1. The summed E-state index contributed by atoms with van der Waals surface area (Å²) >= 11 is 0. The van der Waals surface area contributed by atoms with E-state index >= 15 is 0 Å². The third-order valence-electron chi connectivity index (χ3n) is 4.02. The number of likely N-dealkylation sites (tertiary alicyclic amines) is 1. The Morgan fingerprint density at radius 3 is 2.15 bits per heavy atom. The number of ketones is 2. The van der Waals surface area contributed by atoms with Crippen molar-refractivity contribution in [3.63, 3.8) is 0 Å². The minimum absolute atomic E-state index is 0.133. The Balaban J connectivity index is 2.10. The Morgan fingerprint density at radius 1 is 0.950 bits per heavy atom. The molecule has 0 radical (unpaired) electrons. The molecule has 104 valence electrons. The maximum atomic E-state index is 12.7. The summed E-state index contributed by atoms with van der Waals surface area (Å²) in [5.41, 5.74) is 1.52. The molecule has 0 unspecified atom stereocenters. The number of Topliss-reactive ketones (excluding diaryl/α,β-unsaturated/α-hetero) is 2. The van der Waals surface area contributed by atoms with Crippen molar-refractivity contribution in [3.05, 3.63) is 46.7 Å². The first-order valence-corrected chi connectivity index (χ1v) is 7.01. The van der Waals surface area contributed by atoms with E-state index in [1.807, 2.05) is 4.90 Å². The van der Waals surface area contributed by atoms with Gasteiger partial charge in [0.05, 0.1) is 17.9 Å². The molecule has 2 aliphatic rings. The van der Waals surface area contributed by atoms with Gasteiger partial charge in [-0.2, -0.15) is 0 Å². The van der Waals surface area contributed by atoms with E-state index in [1.54, 1.807) is 24.3 Å². The van der Waals surface area contributed by atoms with Gasteiger partial charge in [0.15, 0.2) is 5.78 Å². The molecule has 4 nitrogen and oxygen atoms in total. The smallest absolute Gasteiger partial charge is 0.210 e. The first kappa shape index (κ1) is 13.1. The van der Waals surface area contributed by atoms with Gasteiger partial charge in [-0.3, -0.25) is 9.59 Å². The molecule has 0 atom stereocenters. The highest BCUT2D eigenvalue weighted by Gasteiger charge is 2.34. The van der Waals surface area contributed by atoms with Gasteiger partial charge in [-0.05, 0) is 19.3 Å². The van der Waals surface area contributed by atoms with Gasteiger partial charge in [0.2, 0.25) is 5.78 Å². The minimum atomic E-state index is -0.384. The monoisotopic (exact) mass is 271 g/mol. The van der Waals surface area contributed by atoms with Gasteiger partial charge in [0, 0.05) is 24.2 Å². The lowest BCUT2D eigenvalue weighted by molar-refractivity contribution is 0.0921. The quantitative estimate of drug-likeness (QED) is 0.891. The number of benzene rings is 1. The molecule has 1 aromatic rings. The fourth-order valence-corrected chi connectivity index (χ4v) is 3.01. The molecule has 1 heterocycles. The number of carbonyl (C=O) groups excluding carboxylic acids is 2. The molecule has 20 heavy (non-hydrogen) atoms. The number of carbonyl (C=O) groups is 2. The average molecular weight is 271 g/mol. The molecule has 0 amide bonds. The fourth-order valence-electron chi connectivity index (χ4n) is 3.01. The van der Waals surface area contributed by atoms with Crippen molar-refractivity contribution < 1.29 is 14.7 Å². The van der Waals surface area contributed by atoms with Crippen molar-refractivity contribution in [3.8, 4) is 0 Å². The maximum absolute atomic E-state index is 12.7. The van der Waals surface area contributed by atoms with Crippen LogP contribution in [0.1, 0.15) is 40.0 Å². The minimum Gasteiger partial charge on any atom is -0.391 e. The normalized spacial score (nSPS) is 19.4. The lowest BCUT2D eigenvalue weighted by Gasteiger charge is -2.33. The van der Waals surface area contributed by atoms with Crippen LogP contribution in [0.25, 0.3) is 0 Å². The van der Waals surface area contributed by atoms with E-state index in [-0.39, 0.29) is 23.7 Å². The Bertz CT molecular complexity index is 597. The lowest BCUT2D eigenvalue weighted by atomic mass is 9.86. The van der Waals surface area contributed by atoms with E-state index in [0.717, 1.165) is 32.4 Å². The third kappa shape index (κ3) is 1.96. The van der Waals surface area contributed by atoms with Crippen LogP contribution >= 0.6 is 0 Å². The summed E-state index contributed by atoms with van der Waals surface area (Å²) in [4.78, 5) is 27.1. The summed E-state index contributed by atoms with van der Waals surface area (Å²) in [6.07, 6.45) is 3.19. The summed E-state index contributed by atoms with van der Waals surface area (Å²) < 4.78 is 0. The Hall–Kier alpha value is -1.94. The second-order valence-corrected chi connectivity index (χ2v) is 5.24. The number of hydrogen-bond acceptors (Lipinski definition) is 4. The number of nitrogens with zero attached hydrogens (tertiary/aromatic N) is 1. The van der Waals surface area contributed by atoms with E-state index in [2.05, 4.69) is 0 Å². The van der Waals surface area contributed by atoms with Crippen molar-refractivity contribution >= 4 is 11.6 Å². The second kappa shape index (κ2) is 5.21. The first-order chi connectivity index (χ1) is 9.74. The molecule has 4 heteroatoms. The highest BCUT2D eigenvalue weighted by atomic mass is 16.3. The third-order valence-corrected chi connectivity index (χ3v) is 4.02. The summed E-state index contributed by atoms with van der Waals surface area (Å²) in [5.74, 6) is -0.352. The van der Waals surface area contributed by atoms with Gasteiger partial charge < -0.3 is 10.0 Å². The SMILES string of the molecule is O=C1C(CO)=C(N2CCCCC2)C(=O)c2ccccc21. The van der Waals surface area contributed by atoms with Crippen LogP contribution in [0.5, 0.6) is 0 Å². The Labute approximate surface area is 117 Å². The van der Waals surface area contributed by atoms with Crippen molar-refractivity contribution in [1.82, 2.24) is 4.90 Å². The van der Waals surface area contributed by atoms with Crippen LogP contribution in [0.3, 0.4) is 0 Å². The first-order valence-electron chi connectivity index (χ1n) is 7.01. The Morgan fingerprint density at radius 2 is 1.55 bits per heavy atom. The van der Waals surface area contributed by atoms with E-state index in [4.69, 9.17) is 0 Å². The molecule has 1 aromatic carbocycles. The van der Waals surface area contributed by atoms with Gasteiger partial charge in [0.25, 0.3) is 0 Å². The van der Waals surface area contributed by atoms with Crippen LogP contribution < -0.4 is 0 Å². The molecule has 1 aliphatic carbocycles. The second-order valence-electron chi connectivity index (χ2n) is 5.24. The van der Waals surface area contributed by atoms with Gasteiger partial charge >= 0.3 is 0 Å². The zero-order valence-corrected chi connectivity index (χ0v) is 11.3. The van der Waals surface area contributed by atoms with E-state index in [0.29, 0.717) is 16.8 Å². The fraction of sp³-hybridized carbons (Fsp3) is 0.375. The van der Waals surface area contributed by atoms with Crippen LogP contribution in [-0.4, -0.2) is 41.3 Å². The summed E-state index contributed by atoms with van der Waals surface area (Å²) in [7, 11) is 0. The summed E-state index contributed by atoms with van der Waals surface area (Å²) in [6, 6.07) is 6.85. The highest BCUT2D eigenvalue weighted by Crippen LogP contribution is 2.29. The number of fused-ring (bicyclic) bond motifs is 1. The van der Waals surface area contributed by atoms with Gasteiger partial charge in [0.1, 0.15) is 0 Å².